The van der Waals surface area contributed by atoms with Crippen LogP contribution in [0.15, 0.2) is 58.5 Å². The number of ether oxygens (including phenoxy) is 1. The lowest BCUT2D eigenvalue weighted by Crippen LogP contribution is -2.44. The van der Waals surface area contributed by atoms with E-state index >= 15 is 0 Å². The van der Waals surface area contributed by atoms with E-state index in [-0.39, 0.29) is 22.8 Å². The largest absolute Gasteiger partial charge is 0.494 e. The summed E-state index contributed by atoms with van der Waals surface area (Å²) in [6.45, 7) is 3.42. The summed E-state index contributed by atoms with van der Waals surface area (Å²) in [5.41, 5.74) is 1.08. The van der Waals surface area contributed by atoms with Crippen LogP contribution in [0, 0.1) is 5.41 Å². The fourth-order valence-corrected chi connectivity index (χ4v) is 6.13. The highest BCUT2D eigenvalue weighted by atomic mass is 32.2. The van der Waals surface area contributed by atoms with Crippen molar-refractivity contribution in [3.63, 3.8) is 0 Å². The van der Waals surface area contributed by atoms with Gasteiger partial charge < -0.3 is 14.5 Å². The molecular formula is C29H34N4O4S. The molecule has 3 aromatic rings. The maximum atomic E-state index is 13.4. The van der Waals surface area contributed by atoms with Crippen LogP contribution in [-0.2, 0) is 11.8 Å². The van der Waals surface area contributed by atoms with Crippen molar-refractivity contribution in [3.8, 4) is 5.75 Å². The predicted octanol–water partition coefficient (Wildman–Crippen LogP) is 3.97. The molecule has 2 saturated heterocycles. The molecule has 8 nitrogen and oxygen atoms in total. The van der Waals surface area contributed by atoms with E-state index < -0.39 is 0 Å². The van der Waals surface area contributed by atoms with Crippen molar-refractivity contribution in [2.45, 2.75) is 37.3 Å². The zero-order valence-corrected chi connectivity index (χ0v) is 22.8. The van der Waals surface area contributed by atoms with Gasteiger partial charge in [0.05, 0.1) is 17.5 Å². The van der Waals surface area contributed by atoms with E-state index in [0.29, 0.717) is 54.2 Å². The van der Waals surface area contributed by atoms with Crippen molar-refractivity contribution >= 4 is 34.5 Å². The van der Waals surface area contributed by atoms with Gasteiger partial charge in [0.25, 0.3) is 11.5 Å². The van der Waals surface area contributed by atoms with E-state index in [1.165, 1.54) is 16.3 Å². The van der Waals surface area contributed by atoms with Crippen LogP contribution in [0.2, 0.25) is 0 Å². The van der Waals surface area contributed by atoms with Gasteiger partial charge >= 0.3 is 0 Å². The maximum absolute atomic E-state index is 13.4. The molecule has 2 aliphatic heterocycles. The molecule has 0 atom stereocenters. The number of nitrogens with zero attached hydrogens (tertiary/aromatic N) is 4. The Morgan fingerprint density at radius 3 is 2.45 bits per heavy atom. The average molecular weight is 535 g/mol. The molecule has 0 saturated carbocycles. The number of aromatic nitrogens is 2. The fraction of sp³-hybridized carbons (Fsp3) is 0.448. The summed E-state index contributed by atoms with van der Waals surface area (Å²) in [4.78, 5) is 47.2. The number of benzene rings is 2. The van der Waals surface area contributed by atoms with Crippen LogP contribution in [0.5, 0.6) is 5.75 Å². The zero-order chi connectivity index (χ0) is 26.7. The minimum Gasteiger partial charge on any atom is -0.494 e. The Bertz CT molecular complexity index is 1380. The summed E-state index contributed by atoms with van der Waals surface area (Å²) in [7, 11) is 1.71. The molecule has 2 amide bonds. The van der Waals surface area contributed by atoms with E-state index in [0.717, 1.165) is 38.1 Å². The molecule has 0 radical (unpaired) electrons. The molecule has 0 bridgehead atoms. The maximum Gasteiger partial charge on any atom is 0.261 e. The third-order valence-electron chi connectivity index (χ3n) is 7.91. The molecule has 38 heavy (non-hydrogen) atoms. The summed E-state index contributed by atoms with van der Waals surface area (Å²) < 4.78 is 7.24. The van der Waals surface area contributed by atoms with Crippen LogP contribution in [0.25, 0.3) is 10.9 Å². The van der Waals surface area contributed by atoms with Crippen molar-refractivity contribution in [2.75, 3.05) is 39.0 Å². The first-order valence-corrected chi connectivity index (χ1v) is 14.4. The summed E-state index contributed by atoms with van der Waals surface area (Å²) in [6, 6.07) is 14.8. The zero-order valence-electron chi connectivity index (χ0n) is 22.0. The SMILES string of the molecule is CSc1nc2cc(C(=O)N3CCC4(CCN(C(=O)CCCOc5ccccc5)CC4)C3)ccc2c(=O)n1C. The van der Waals surface area contributed by atoms with Gasteiger partial charge in [0.1, 0.15) is 5.75 Å². The summed E-state index contributed by atoms with van der Waals surface area (Å²) >= 11 is 1.41. The highest BCUT2D eigenvalue weighted by Gasteiger charge is 2.42. The number of thioether (sulfide) groups is 1. The summed E-state index contributed by atoms with van der Waals surface area (Å²) in [5.74, 6) is 0.991. The van der Waals surface area contributed by atoms with Crippen molar-refractivity contribution in [1.82, 2.24) is 19.4 Å². The van der Waals surface area contributed by atoms with Gasteiger partial charge in [-0.1, -0.05) is 30.0 Å². The topological polar surface area (TPSA) is 84.7 Å². The van der Waals surface area contributed by atoms with Crippen LogP contribution in [0.3, 0.4) is 0 Å². The second kappa shape index (κ2) is 11.2. The molecule has 9 heteroatoms. The lowest BCUT2D eigenvalue weighted by molar-refractivity contribution is -0.133. The number of fused-ring (bicyclic) bond motifs is 1. The van der Waals surface area contributed by atoms with Gasteiger partial charge in [0.2, 0.25) is 5.91 Å². The number of rotatable bonds is 7. The number of carbonyl (C=O) groups excluding carboxylic acids is 2. The second-order valence-electron chi connectivity index (χ2n) is 10.3. The van der Waals surface area contributed by atoms with Crippen LogP contribution in [-0.4, -0.2) is 70.2 Å². The van der Waals surface area contributed by atoms with Crippen LogP contribution in [0.1, 0.15) is 42.5 Å². The first-order chi connectivity index (χ1) is 18.4. The fourth-order valence-electron chi connectivity index (χ4n) is 5.58. The molecule has 0 aliphatic carbocycles. The van der Waals surface area contributed by atoms with Crippen molar-refractivity contribution < 1.29 is 14.3 Å². The molecule has 0 N–H and O–H groups in total. The van der Waals surface area contributed by atoms with E-state index in [4.69, 9.17) is 4.74 Å². The molecule has 2 fully saturated rings. The number of amides is 2. The Labute approximate surface area is 227 Å². The first-order valence-electron chi connectivity index (χ1n) is 13.2. The number of likely N-dealkylation sites (tertiary alicyclic amines) is 2. The quantitative estimate of drug-likeness (QED) is 0.259. The molecule has 1 spiro atoms. The molecule has 3 heterocycles. The summed E-state index contributed by atoms with van der Waals surface area (Å²) in [6.07, 6.45) is 5.84. The average Bonchev–Trinajstić information content (AvgIpc) is 3.36. The van der Waals surface area contributed by atoms with Crippen molar-refractivity contribution in [3.05, 3.63) is 64.4 Å². The lowest BCUT2D eigenvalue weighted by Gasteiger charge is -2.39. The molecule has 200 valence electrons. The van der Waals surface area contributed by atoms with Gasteiger partial charge in [0, 0.05) is 45.2 Å². The monoisotopic (exact) mass is 534 g/mol. The Hall–Kier alpha value is -3.33. The summed E-state index contributed by atoms with van der Waals surface area (Å²) in [5, 5.41) is 1.14. The van der Waals surface area contributed by atoms with E-state index in [1.807, 2.05) is 46.4 Å². The van der Waals surface area contributed by atoms with E-state index in [9.17, 15) is 14.4 Å². The third kappa shape index (κ3) is 5.43. The van der Waals surface area contributed by atoms with Crippen LogP contribution >= 0.6 is 11.8 Å². The highest BCUT2D eigenvalue weighted by molar-refractivity contribution is 7.98. The standard InChI is InChI=1S/C29H34N4O4S/c1-31-27(36)23-11-10-21(19-24(23)30-28(31)38-2)26(35)33-17-14-29(20-33)12-15-32(16-13-29)25(34)9-6-18-37-22-7-4-3-5-8-22/h3-5,7-8,10-11,19H,6,9,12-18,20H2,1-2H3. The number of hydrogen-bond acceptors (Lipinski definition) is 6. The van der Waals surface area contributed by atoms with Gasteiger partial charge in [-0.15, -0.1) is 0 Å². The smallest absolute Gasteiger partial charge is 0.261 e. The van der Waals surface area contributed by atoms with Gasteiger partial charge in [-0.05, 0) is 67.7 Å². The minimum atomic E-state index is -0.108. The number of para-hydroxylation sites is 1. The van der Waals surface area contributed by atoms with Gasteiger partial charge in [0.15, 0.2) is 5.16 Å². The van der Waals surface area contributed by atoms with E-state index in [1.54, 1.807) is 25.2 Å². The van der Waals surface area contributed by atoms with Crippen molar-refractivity contribution in [1.29, 1.82) is 0 Å². The first kappa shape index (κ1) is 26.3. The van der Waals surface area contributed by atoms with Crippen LogP contribution in [0.4, 0.5) is 0 Å². The third-order valence-corrected chi connectivity index (χ3v) is 8.64. The number of carbonyl (C=O) groups is 2. The lowest BCUT2D eigenvalue weighted by atomic mass is 9.77. The Morgan fingerprint density at radius 2 is 1.74 bits per heavy atom. The normalized spacial score (nSPS) is 16.8. The van der Waals surface area contributed by atoms with Crippen LogP contribution < -0.4 is 10.3 Å². The number of hydrogen-bond donors (Lipinski definition) is 0. The molecule has 0 unspecified atom stereocenters. The van der Waals surface area contributed by atoms with Gasteiger partial charge in [-0.25, -0.2) is 4.98 Å². The molecule has 2 aliphatic rings. The highest BCUT2D eigenvalue weighted by Crippen LogP contribution is 2.41. The number of piperidine rings is 1. The Kier molecular flexibility index (Phi) is 7.74. The second-order valence-corrected chi connectivity index (χ2v) is 11.1. The molecule has 2 aromatic carbocycles. The van der Waals surface area contributed by atoms with Crippen molar-refractivity contribution in [2.24, 2.45) is 12.5 Å². The Morgan fingerprint density at radius 1 is 1.03 bits per heavy atom. The molecule has 1 aromatic heterocycles. The Balaban J connectivity index is 1.14. The molecular weight excluding hydrogens is 500 g/mol. The predicted molar refractivity (Wildman–Crippen MR) is 149 cm³/mol. The van der Waals surface area contributed by atoms with Gasteiger partial charge in [-0.3, -0.25) is 19.0 Å². The van der Waals surface area contributed by atoms with E-state index in [2.05, 4.69) is 4.98 Å². The molecule has 5 rings (SSSR count). The minimum absolute atomic E-state index is 0.0196. The van der Waals surface area contributed by atoms with Gasteiger partial charge in [-0.2, -0.15) is 0 Å².